The highest BCUT2D eigenvalue weighted by atomic mass is 16.5. The van der Waals surface area contributed by atoms with Crippen LogP contribution in [0.2, 0.25) is 0 Å². The minimum absolute atomic E-state index is 0.00122. The average molecular weight is 375 g/mol. The van der Waals surface area contributed by atoms with E-state index >= 15 is 0 Å². The number of morpholine rings is 1. The Kier molecular flexibility index (Phi) is 6.73. The van der Waals surface area contributed by atoms with Crippen LogP contribution in [0.25, 0.3) is 0 Å². The molecular weight excluding hydrogens is 340 g/mol. The third-order valence-corrected chi connectivity index (χ3v) is 5.86. The number of hydrogen-bond donors (Lipinski definition) is 1. The molecule has 1 aromatic carbocycles. The number of carbonyl (C=O) groups is 1. The van der Waals surface area contributed by atoms with E-state index in [4.69, 9.17) is 4.74 Å². The molecule has 1 amide bonds. The summed E-state index contributed by atoms with van der Waals surface area (Å²) in [5, 5.41) is 3.11. The van der Waals surface area contributed by atoms with Gasteiger partial charge in [-0.25, -0.2) is 0 Å². The molecule has 2 aliphatic heterocycles. The largest absolute Gasteiger partial charge is 0.379 e. The zero-order chi connectivity index (χ0) is 19.3. The Hall–Kier alpha value is -1.63. The first-order valence-corrected chi connectivity index (χ1v) is 10.2. The Morgan fingerprint density at radius 3 is 2.26 bits per heavy atom. The van der Waals surface area contributed by atoms with Gasteiger partial charge in [-0.3, -0.25) is 9.69 Å². The van der Waals surface area contributed by atoms with Gasteiger partial charge in [0.25, 0.3) is 5.91 Å². The lowest BCUT2D eigenvalue weighted by Gasteiger charge is -2.40. The zero-order valence-electron chi connectivity index (χ0n) is 17.0. The number of amides is 1. The van der Waals surface area contributed by atoms with Crippen molar-refractivity contribution in [1.29, 1.82) is 0 Å². The fourth-order valence-electron chi connectivity index (χ4n) is 3.83. The number of nitrogens with one attached hydrogen (secondary N) is 1. The second kappa shape index (κ2) is 9.04. The predicted octanol–water partition coefficient (Wildman–Crippen LogP) is 1.67. The van der Waals surface area contributed by atoms with Crippen molar-refractivity contribution in [2.45, 2.75) is 26.3 Å². The van der Waals surface area contributed by atoms with Crippen molar-refractivity contribution in [3.8, 4) is 0 Å². The summed E-state index contributed by atoms with van der Waals surface area (Å²) < 4.78 is 5.43. The van der Waals surface area contributed by atoms with E-state index in [9.17, 15) is 4.79 Å². The van der Waals surface area contributed by atoms with Crippen LogP contribution in [-0.4, -0.2) is 86.8 Å². The SMILES string of the molecule is CCN1CCN(c2ccc(C(=O)NCC(C)(C)N3CCOCC3)cc2)CC1. The van der Waals surface area contributed by atoms with Gasteiger partial charge in [0.05, 0.1) is 13.2 Å². The third kappa shape index (κ3) is 5.21. The number of benzene rings is 1. The number of likely N-dealkylation sites (N-methyl/N-ethyl adjacent to an activating group) is 1. The molecule has 0 atom stereocenters. The Bertz CT molecular complexity index is 603. The van der Waals surface area contributed by atoms with E-state index in [1.807, 2.05) is 12.1 Å². The zero-order valence-corrected chi connectivity index (χ0v) is 17.0. The third-order valence-electron chi connectivity index (χ3n) is 5.86. The Morgan fingerprint density at radius 2 is 1.67 bits per heavy atom. The standard InChI is InChI=1S/C21H34N4O2/c1-4-23-9-11-24(12-10-23)19-7-5-18(6-8-19)20(26)22-17-21(2,3)25-13-15-27-16-14-25/h5-8H,4,9-17H2,1-3H3,(H,22,26). The van der Waals surface area contributed by atoms with Crippen LogP contribution in [0, 0.1) is 0 Å². The molecule has 27 heavy (non-hydrogen) atoms. The molecule has 0 bridgehead atoms. The van der Waals surface area contributed by atoms with Gasteiger partial charge in [-0.15, -0.1) is 0 Å². The summed E-state index contributed by atoms with van der Waals surface area (Å²) in [6, 6.07) is 8.03. The minimum atomic E-state index is -0.0711. The molecule has 6 nitrogen and oxygen atoms in total. The van der Waals surface area contributed by atoms with Gasteiger partial charge in [-0.05, 0) is 44.7 Å². The molecular formula is C21H34N4O2. The monoisotopic (exact) mass is 374 g/mol. The lowest BCUT2D eigenvalue weighted by Crippen LogP contribution is -2.55. The molecule has 0 unspecified atom stereocenters. The van der Waals surface area contributed by atoms with E-state index in [2.05, 4.69) is 52.9 Å². The van der Waals surface area contributed by atoms with Crippen LogP contribution in [0.4, 0.5) is 5.69 Å². The molecule has 0 aliphatic carbocycles. The fraction of sp³-hybridized carbons (Fsp3) is 0.667. The van der Waals surface area contributed by atoms with E-state index in [-0.39, 0.29) is 11.4 Å². The lowest BCUT2D eigenvalue weighted by atomic mass is 10.0. The summed E-state index contributed by atoms with van der Waals surface area (Å²) in [6.07, 6.45) is 0. The van der Waals surface area contributed by atoms with Crippen LogP contribution in [-0.2, 0) is 4.74 Å². The van der Waals surface area contributed by atoms with Crippen LogP contribution in [0.15, 0.2) is 24.3 Å². The molecule has 2 heterocycles. The van der Waals surface area contributed by atoms with Gasteiger partial charge in [0.2, 0.25) is 0 Å². The van der Waals surface area contributed by atoms with E-state index in [0.29, 0.717) is 6.54 Å². The second-order valence-corrected chi connectivity index (χ2v) is 8.06. The molecule has 1 aromatic rings. The molecule has 1 N–H and O–H groups in total. The van der Waals surface area contributed by atoms with Crippen LogP contribution < -0.4 is 10.2 Å². The minimum Gasteiger partial charge on any atom is -0.379 e. The first-order chi connectivity index (χ1) is 13.0. The molecule has 6 heteroatoms. The molecule has 0 spiro atoms. The van der Waals surface area contributed by atoms with Gasteiger partial charge >= 0.3 is 0 Å². The van der Waals surface area contributed by atoms with Crippen LogP contribution in [0.5, 0.6) is 0 Å². The first kappa shape index (κ1) is 20.1. The Balaban J connectivity index is 1.51. The number of carbonyl (C=O) groups excluding carboxylic acids is 1. The summed E-state index contributed by atoms with van der Waals surface area (Å²) in [5.74, 6) is -0.00122. The summed E-state index contributed by atoms with van der Waals surface area (Å²) in [7, 11) is 0. The highest BCUT2D eigenvalue weighted by Gasteiger charge is 2.28. The van der Waals surface area contributed by atoms with Crippen LogP contribution in [0.3, 0.4) is 0 Å². The van der Waals surface area contributed by atoms with Crippen LogP contribution in [0.1, 0.15) is 31.1 Å². The number of nitrogens with zero attached hydrogens (tertiary/aromatic N) is 3. The quantitative estimate of drug-likeness (QED) is 0.821. The molecule has 2 saturated heterocycles. The average Bonchev–Trinajstić information content (AvgIpc) is 2.73. The topological polar surface area (TPSA) is 48.0 Å². The van der Waals surface area contributed by atoms with Crippen molar-refractivity contribution in [3.63, 3.8) is 0 Å². The smallest absolute Gasteiger partial charge is 0.251 e. The summed E-state index contributed by atoms with van der Waals surface area (Å²) in [4.78, 5) is 19.8. The van der Waals surface area contributed by atoms with E-state index in [0.717, 1.165) is 64.6 Å². The molecule has 2 fully saturated rings. The molecule has 2 aliphatic rings. The van der Waals surface area contributed by atoms with E-state index < -0.39 is 0 Å². The van der Waals surface area contributed by atoms with Crippen LogP contribution >= 0.6 is 0 Å². The predicted molar refractivity (Wildman–Crippen MR) is 110 cm³/mol. The maximum atomic E-state index is 12.6. The van der Waals surface area contributed by atoms with Crippen molar-refractivity contribution in [2.75, 3.05) is 70.5 Å². The lowest BCUT2D eigenvalue weighted by molar-refractivity contribution is -0.00923. The molecule has 0 saturated carbocycles. The van der Waals surface area contributed by atoms with Crippen molar-refractivity contribution < 1.29 is 9.53 Å². The Labute approximate surface area is 163 Å². The highest BCUT2D eigenvalue weighted by Crippen LogP contribution is 2.18. The fourth-order valence-corrected chi connectivity index (χ4v) is 3.83. The summed E-state index contributed by atoms with van der Waals surface area (Å²) in [5.41, 5.74) is 1.86. The number of rotatable bonds is 6. The van der Waals surface area contributed by atoms with Gasteiger partial charge in [0.1, 0.15) is 0 Å². The van der Waals surface area contributed by atoms with Gasteiger partial charge in [-0.2, -0.15) is 0 Å². The maximum Gasteiger partial charge on any atom is 0.251 e. The molecule has 3 rings (SSSR count). The van der Waals surface area contributed by atoms with Crippen molar-refractivity contribution in [3.05, 3.63) is 29.8 Å². The van der Waals surface area contributed by atoms with Gasteiger partial charge in [0.15, 0.2) is 0 Å². The molecule has 0 radical (unpaired) electrons. The van der Waals surface area contributed by atoms with E-state index in [1.54, 1.807) is 0 Å². The van der Waals surface area contributed by atoms with Gasteiger partial charge < -0.3 is 19.9 Å². The molecule has 0 aromatic heterocycles. The Morgan fingerprint density at radius 1 is 1.04 bits per heavy atom. The van der Waals surface area contributed by atoms with E-state index in [1.165, 1.54) is 5.69 Å². The normalized spacial score (nSPS) is 19.9. The second-order valence-electron chi connectivity index (χ2n) is 8.06. The number of piperazine rings is 1. The van der Waals surface area contributed by atoms with Gasteiger partial charge in [0, 0.05) is 62.6 Å². The number of ether oxygens (including phenoxy) is 1. The highest BCUT2D eigenvalue weighted by molar-refractivity contribution is 5.94. The summed E-state index contributed by atoms with van der Waals surface area (Å²) >= 11 is 0. The van der Waals surface area contributed by atoms with Crippen molar-refractivity contribution >= 4 is 11.6 Å². The summed E-state index contributed by atoms with van der Waals surface area (Å²) in [6.45, 7) is 16.0. The van der Waals surface area contributed by atoms with Gasteiger partial charge in [-0.1, -0.05) is 6.92 Å². The van der Waals surface area contributed by atoms with Crippen molar-refractivity contribution in [2.24, 2.45) is 0 Å². The van der Waals surface area contributed by atoms with Crippen molar-refractivity contribution in [1.82, 2.24) is 15.1 Å². The number of hydrogen-bond acceptors (Lipinski definition) is 5. The first-order valence-electron chi connectivity index (χ1n) is 10.2. The molecule has 150 valence electrons. The maximum absolute atomic E-state index is 12.6. The number of anilines is 1.